The Labute approximate surface area is 158 Å². The number of fused-ring (bicyclic) bond motifs is 2. The van der Waals surface area contributed by atoms with Gasteiger partial charge in [-0.15, -0.1) is 0 Å². The van der Waals surface area contributed by atoms with Gasteiger partial charge in [0, 0.05) is 43.4 Å². The van der Waals surface area contributed by atoms with E-state index in [1.165, 1.54) is 18.4 Å². The van der Waals surface area contributed by atoms with Crippen LogP contribution in [-0.4, -0.2) is 44.3 Å². The lowest BCUT2D eigenvalue weighted by atomic mass is 10.1. The van der Waals surface area contributed by atoms with Crippen molar-refractivity contribution in [2.24, 2.45) is 0 Å². The number of nitrogens with one attached hydrogen (secondary N) is 1. The molecule has 0 unspecified atom stereocenters. The van der Waals surface area contributed by atoms with Crippen molar-refractivity contribution in [3.63, 3.8) is 0 Å². The molecule has 0 aliphatic carbocycles. The molecule has 0 atom stereocenters. The Balaban J connectivity index is 1.60. The van der Waals surface area contributed by atoms with E-state index in [9.17, 15) is 13.2 Å². The third kappa shape index (κ3) is 3.02. The van der Waals surface area contributed by atoms with Gasteiger partial charge in [-0.2, -0.15) is 0 Å². The fraction of sp³-hybridized carbons (Fsp3) is 0.250. The van der Waals surface area contributed by atoms with Crippen molar-refractivity contribution >= 4 is 32.5 Å². The average molecular weight is 383 g/mol. The quantitative estimate of drug-likeness (QED) is 0.752. The van der Waals surface area contributed by atoms with Crippen molar-refractivity contribution in [1.82, 2.24) is 9.29 Å². The van der Waals surface area contributed by atoms with Crippen LogP contribution in [0, 0.1) is 0 Å². The number of para-hydroxylation sites is 1. The van der Waals surface area contributed by atoms with Crippen LogP contribution in [0.25, 0.3) is 10.9 Å². The fourth-order valence-corrected chi connectivity index (χ4v) is 4.50. The van der Waals surface area contributed by atoms with Crippen LogP contribution in [-0.2, 0) is 27.7 Å². The van der Waals surface area contributed by atoms with Crippen LogP contribution in [0.5, 0.6) is 0 Å². The minimum atomic E-state index is -3.48. The van der Waals surface area contributed by atoms with Gasteiger partial charge in [0.15, 0.2) is 0 Å². The highest BCUT2D eigenvalue weighted by atomic mass is 32.2. The average Bonchev–Trinajstić information content (AvgIpc) is 3.25. The van der Waals surface area contributed by atoms with Gasteiger partial charge in [0.1, 0.15) is 0 Å². The number of amides is 1. The molecule has 1 aliphatic rings. The van der Waals surface area contributed by atoms with E-state index in [1.807, 2.05) is 30.5 Å². The molecule has 2 heterocycles. The molecule has 0 spiro atoms. The van der Waals surface area contributed by atoms with Crippen molar-refractivity contribution in [1.29, 1.82) is 0 Å². The van der Waals surface area contributed by atoms with E-state index in [4.69, 9.17) is 0 Å². The van der Waals surface area contributed by atoms with Gasteiger partial charge in [0.2, 0.25) is 15.9 Å². The topological polar surface area (TPSA) is 73.5 Å². The standard InChI is InChI=1S/C20H21N3O3S/c1-22(2)27(25,26)16-7-8-19-14(11-16)9-10-23(19)20(24)12-15-13-21-18-6-4-3-5-17(15)18/h3-8,11,13,21H,9-10,12H2,1-2H3. The summed E-state index contributed by atoms with van der Waals surface area (Å²) in [7, 11) is -0.449. The lowest BCUT2D eigenvalue weighted by molar-refractivity contribution is -0.117. The number of carbonyl (C=O) groups is 1. The molecular weight excluding hydrogens is 362 g/mol. The molecule has 4 rings (SSSR count). The first-order valence-corrected chi connectivity index (χ1v) is 10.2. The van der Waals surface area contributed by atoms with Crippen molar-refractivity contribution in [3.8, 4) is 0 Å². The number of hydrogen-bond donors (Lipinski definition) is 1. The largest absolute Gasteiger partial charge is 0.361 e. The molecular formula is C20H21N3O3S. The molecule has 3 aromatic rings. The summed E-state index contributed by atoms with van der Waals surface area (Å²) in [6, 6.07) is 12.9. The van der Waals surface area contributed by atoms with Crippen LogP contribution >= 0.6 is 0 Å². The van der Waals surface area contributed by atoms with Gasteiger partial charge < -0.3 is 9.88 Å². The maximum atomic E-state index is 12.9. The molecule has 1 N–H and O–H groups in total. The number of rotatable bonds is 4. The third-order valence-corrected chi connectivity index (χ3v) is 6.85. The zero-order chi connectivity index (χ0) is 19.2. The van der Waals surface area contributed by atoms with Crippen molar-refractivity contribution in [2.75, 3.05) is 25.5 Å². The van der Waals surface area contributed by atoms with Crippen LogP contribution in [0.15, 0.2) is 53.6 Å². The first-order valence-electron chi connectivity index (χ1n) is 8.79. The van der Waals surface area contributed by atoms with E-state index < -0.39 is 10.0 Å². The Kier molecular flexibility index (Phi) is 4.28. The second kappa shape index (κ2) is 6.51. The van der Waals surface area contributed by atoms with Gasteiger partial charge in [-0.05, 0) is 41.8 Å². The molecule has 1 amide bonds. The number of aromatic nitrogens is 1. The minimum absolute atomic E-state index is 0.0155. The zero-order valence-corrected chi connectivity index (χ0v) is 16.1. The normalized spacial score (nSPS) is 14.1. The lowest BCUT2D eigenvalue weighted by Gasteiger charge is -2.18. The number of aromatic amines is 1. The van der Waals surface area contributed by atoms with Gasteiger partial charge in [-0.1, -0.05) is 18.2 Å². The maximum absolute atomic E-state index is 12.9. The van der Waals surface area contributed by atoms with Crippen LogP contribution in [0.1, 0.15) is 11.1 Å². The molecule has 7 heteroatoms. The predicted octanol–water partition coefficient (Wildman–Crippen LogP) is 2.55. The molecule has 1 aromatic heterocycles. The molecule has 6 nitrogen and oxygen atoms in total. The van der Waals surface area contributed by atoms with Crippen LogP contribution < -0.4 is 4.90 Å². The Hall–Kier alpha value is -2.64. The summed E-state index contributed by atoms with van der Waals surface area (Å²) < 4.78 is 25.8. The van der Waals surface area contributed by atoms with Gasteiger partial charge in [0.25, 0.3) is 0 Å². The highest BCUT2D eigenvalue weighted by Crippen LogP contribution is 2.31. The number of nitrogens with zero attached hydrogens (tertiary/aromatic N) is 2. The number of anilines is 1. The van der Waals surface area contributed by atoms with Gasteiger partial charge >= 0.3 is 0 Å². The summed E-state index contributed by atoms with van der Waals surface area (Å²) in [6.45, 7) is 0.571. The molecule has 0 saturated carbocycles. The molecule has 0 saturated heterocycles. The first kappa shape index (κ1) is 17.8. The van der Waals surface area contributed by atoms with Gasteiger partial charge in [-0.25, -0.2) is 12.7 Å². The summed E-state index contributed by atoms with van der Waals surface area (Å²) in [6.07, 6.45) is 2.85. The van der Waals surface area contributed by atoms with E-state index >= 15 is 0 Å². The second-order valence-corrected chi connectivity index (χ2v) is 9.06. The SMILES string of the molecule is CN(C)S(=O)(=O)c1ccc2c(c1)CCN2C(=O)Cc1c[nH]c2ccccc12. The van der Waals surface area contributed by atoms with E-state index in [-0.39, 0.29) is 10.8 Å². The van der Waals surface area contributed by atoms with Crippen LogP contribution in [0.4, 0.5) is 5.69 Å². The molecule has 0 fully saturated rings. The molecule has 1 aliphatic heterocycles. The Morgan fingerprint density at radius 3 is 2.74 bits per heavy atom. The molecule has 0 bridgehead atoms. The van der Waals surface area contributed by atoms with Gasteiger partial charge in [0.05, 0.1) is 11.3 Å². The summed E-state index contributed by atoms with van der Waals surface area (Å²) in [5.41, 5.74) is 3.68. The summed E-state index contributed by atoms with van der Waals surface area (Å²) in [4.78, 5) is 18.1. The summed E-state index contributed by atoms with van der Waals surface area (Å²) in [5, 5.41) is 1.05. The number of benzene rings is 2. The lowest BCUT2D eigenvalue weighted by Crippen LogP contribution is -2.30. The molecule has 2 aromatic carbocycles. The summed E-state index contributed by atoms with van der Waals surface area (Å²) >= 11 is 0. The van der Waals surface area contributed by atoms with E-state index in [1.54, 1.807) is 23.1 Å². The van der Waals surface area contributed by atoms with Gasteiger partial charge in [-0.3, -0.25) is 4.79 Å². The number of sulfonamides is 1. The highest BCUT2D eigenvalue weighted by Gasteiger charge is 2.27. The zero-order valence-electron chi connectivity index (χ0n) is 15.3. The smallest absolute Gasteiger partial charge is 0.242 e. The van der Waals surface area contributed by atoms with E-state index in [2.05, 4.69) is 4.98 Å². The fourth-order valence-electron chi connectivity index (χ4n) is 3.54. The molecule has 140 valence electrons. The predicted molar refractivity (Wildman–Crippen MR) is 105 cm³/mol. The van der Waals surface area contributed by atoms with Crippen molar-refractivity contribution in [3.05, 3.63) is 59.8 Å². The number of carbonyl (C=O) groups excluding carboxylic acids is 1. The Bertz CT molecular complexity index is 1130. The monoisotopic (exact) mass is 383 g/mol. The highest BCUT2D eigenvalue weighted by molar-refractivity contribution is 7.89. The van der Waals surface area contributed by atoms with Crippen molar-refractivity contribution in [2.45, 2.75) is 17.7 Å². The molecule has 27 heavy (non-hydrogen) atoms. The van der Waals surface area contributed by atoms with E-state index in [0.717, 1.165) is 27.7 Å². The van der Waals surface area contributed by atoms with E-state index in [0.29, 0.717) is 19.4 Å². The molecule has 0 radical (unpaired) electrons. The second-order valence-electron chi connectivity index (χ2n) is 6.91. The number of hydrogen-bond acceptors (Lipinski definition) is 3. The van der Waals surface area contributed by atoms with Crippen LogP contribution in [0.2, 0.25) is 0 Å². The van der Waals surface area contributed by atoms with Crippen LogP contribution in [0.3, 0.4) is 0 Å². The minimum Gasteiger partial charge on any atom is -0.361 e. The number of H-pyrrole nitrogens is 1. The third-order valence-electron chi connectivity index (χ3n) is 5.04. The van der Waals surface area contributed by atoms with Crippen molar-refractivity contribution < 1.29 is 13.2 Å². The Morgan fingerprint density at radius 1 is 1.19 bits per heavy atom. The summed E-state index contributed by atoms with van der Waals surface area (Å²) in [5.74, 6) is 0.0155. The maximum Gasteiger partial charge on any atom is 0.242 e. The Morgan fingerprint density at radius 2 is 1.96 bits per heavy atom. The first-order chi connectivity index (χ1) is 12.9.